The molecule has 1 aromatic carbocycles. The molecule has 1 N–H and O–H groups in total. The van der Waals surface area contributed by atoms with Gasteiger partial charge in [-0.2, -0.15) is 0 Å². The van der Waals surface area contributed by atoms with Gasteiger partial charge in [-0.3, -0.25) is 4.79 Å². The van der Waals surface area contributed by atoms with Crippen molar-refractivity contribution in [2.75, 3.05) is 13.7 Å². The SMILES string of the molecule is COc1nc(C(=C[C@H]2CCC(=O)N2)c2ccc3c(c2)CCO3)ccc1C1CC1. The van der Waals surface area contributed by atoms with Crippen LogP contribution >= 0.6 is 0 Å². The number of amides is 1. The van der Waals surface area contributed by atoms with Crippen molar-refractivity contribution in [2.24, 2.45) is 0 Å². The van der Waals surface area contributed by atoms with Crippen LogP contribution in [0.3, 0.4) is 0 Å². The molecule has 2 aromatic rings. The quantitative estimate of drug-likeness (QED) is 0.866. The maximum absolute atomic E-state index is 11.7. The monoisotopic (exact) mass is 376 g/mol. The van der Waals surface area contributed by atoms with Crippen molar-refractivity contribution < 1.29 is 14.3 Å². The van der Waals surface area contributed by atoms with Crippen LogP contribution < -0.4 is 14.8 Å². The second-order valence-corrected chi connectivity index (χ2v) is 7.78. The number of carbonyl (C=O) groups excluding carboxylic acids is 1. The highest BCUT2D eigenvalue weighted by Crippen LogP contribution is 2.44. The lowest BCUT2D eigenvalue weighted by molar-refractivity contribution is -0.119. The van der Waals surface area contributed by atoms with Crippen molar-refractivity contribution in [3.63, 3.8) is 0 Å². The molecule has 5 nitrogen and oxygen atoms in total. The average Bonchev–Trinajstić information content (AvgIpc) is 3.31. The minimum atomic E-state index is 0.0305. The highest BCUT2D eigenvalue weighted by molar-refractivity contribution is 5.83. The summed E-state index contributed by atoms with van der Waals surface area (Å²) in [4.78, 5) is 16.5. The van der Waals surface area contributed by atoms with Gasteiger partial charge in [-0.05, 0) is 54.5 Å². The molecule has 1 aromatic heterocycles. The zero-order valence-corrected chi connectivity index (χ0v) is 16.0. The Bertz CT molecular complexity index is 962. The maximum atomic E-state index is 11.7. The van der Waals surface area contributed by atoms with Crippen molar-refractivity contribution >= 4 is 11.5 Å². The normalized spacial score (nSPS) is 21.2. The Kier molecular flexibility index (Phi) is 4.30. The summed E-state index contributed by atoms with van der Waals surface area (Å²) in [5, 5.41) is 3.05. The van der Waals surface area contributed by atoms with E-state index in [1.54, 1.807) is 7.11 Å². The topological polar surface area (TPSA) is 60.5 Å². The number of nitrogens with zero attached hydrogens (tertiary/aromatic N) is 1. The summed E-state index contributed by atoms with van der Waals surface area (Å²) in [5.41, 5.74) is 5.42. The van der Waals surface area contributed by atoms with Gasteiger partial charge in [-0.1, -0.05) is 18.2 Å². The predicted octanol–water partition coefficient (Wildman–Crippen LogP) is 3.61. The molecule has 2 fully saturated rings. The molecule has 3 aliphatic rings. The van der Waals surface area contributed by atoms with Crippen molar-refractivity contribution in [1.29, 1.82) is 0 Å². The van der Waals surface area contributed by atoms with E-state index < -0.39 is 0 Å². The standard InChI is InChI=1S/C23H24N2O3/c1-27-23-18(14-2-3-14)6-7-20(25-23)19(13-17-5-9-22(26)24-17)15-4-8-21-16(12-15)10-11-28-21/h4,6-8,12-14,17H,2-3,5,9-11H2,1H3,(H,24,26)/t17-/m1/s1. The fourth-order valence-electron chi connectivity index (χ4n) is 4.12. The lowest BCUT2D eigenvalue weighted by Gasteiger charge is -2.15. The number of nitrogens with one attached hydrogen (secondary N) is 1. The van der Waals surface area contributed by atoms with E-state index in [0.29, 0.717) is 18.2 Å². The first-order valence-electron chi connectivity index (χ1n) is 10.0. The lowest BCUT2D eigenvalue weighted by Crippen LogP contribution is -2.23. The van der Waals surface area contributed by atoms with Gasteiger partial charge in [0.05, 0.1) is 19.4 Å². The van der Waals surface area contributed by atoms with E-state index in [2.05, 4.69) is 35.7 Å². The molecule has 1 saturated carbocycles. The van der Waals surface area contributed by atoms with E-state index in [-0.39, 0.29) is 11.9 Å². The molecule has 1 atom stereocenters. The molecule has 0 bridgehead atoms. The van der Waals surface area contributed by atoms with E-state index >= 15 is 0 Å². The van der Waals surface area contributed by atoms with Gasteiger partial charge in [0.2, 0.25) is 11.8 Å². The smallest absolute Gasteiger partial charge is 0.220 e. The highest BCUT2D eigenvalue weighted by Gasteiger charge is 2.28. The number of rotatable bonds is 5. The van der Waals surface area contributed by atoms with Gasteiger partial charge in [0.25, 0.3) is 0 Å². The van der Waals surface area contributed by atoms with E-state index in [1.807, 2.05) is 6.07 Å². The summed E-state index contributed by atoms with van der Waals surface area (Å²) >= 11 is 0. The van der Waals surface area contributed by atoms with Crippen LogP contribution in [0.5, 0.6) is 11.6 Å². The number of fused-ring (bicyclic) bond motifs is 1. The number of hydrogen-bond donors (Lipinski definition) is 1. The molecule has 3 heterocycles. The summed E-state index contributed by atoms with van der Waals surface area (Å²) in [6, 6.07) is 10.6. The fraction of sp³-hybridized carbons (Fsp3) is 0.391. The molecule has 2 aliphatic heterocycles. The number of benzene rings is 1. The molecule has 1 aliphatic carbocycles. The third-order valence-electron chi connectivity index (χ3n) is 5.77. The Morgan fingerprint density at radius 1 is 1.21 bits per heavy atom. The van der Waals surface area contributed by atoms with Gasteiger partial charge in [-0.25, -0.2) is 4.98 Å². The number of carbonyl (C=O) groups is 1. The molecule has 144 valence electrons. The van der Waals surface area contributed by atoms with E-state index in [1.165, 1.54) is 24.0 Å². The predicted molar refractivity (Wildman–Crippen MR) is 107 cm³/mol. The van der Waals surface area contributed by atoms with E-state index in [0.717, 1.165) is 42.0 Å². The molecule has 0 unspecified atom stereocenters. The Morgan fingerprint density at radius 3 is 2.86 bits per heavy atom. The Morgan fingerprint density at radius 2 is 2.11 bits per heavy atom. The van der Waals surface area contributed by atoms with Crippen molar-refractivity contribution in [1.82, 2.24) is 10.3 Å². The minimum Gasteiger partial charge on any atom is -0.493 e. The van der Waals surface area contributed by atoms with E-state index in [4.69, 9.17) is 14.5 Å². The summed E-state index contributed by atoms with van der Waals surface area (Å²) in [5.74, 6) is 2.37. The third kappa shape index (κ3) is 3.26. The molecule has 5 rings (SSSR count). The molecular formula is C23H24N2O3. The largest absolute Gasteiger partial charge is 0.493 e. The van der Waals surface area contributed by atoms with Gasteiger partial charge in [0.15, 0.2) is 0 Å². The summed E-state index contributed by atoms with van der Waals surface area (Å²) in [6.45, 7) is 0.735. The number of aromatic nitrogens is 1. The summed E-state index contributed by atoms with van der Waals surface area (Å²) in [7, 11) is 1.69. The van der Waals surface area contributed by atoms with Crippen molar-refractivity contribution in [3.8, 4) is 11.6 Å². The van der Waals surface area contributed by atoms with Gasteiger partial charge in [-0.15, -0.1) is 0 Å². The summed E-state index contributed by atoms with van der Waals surface area (Å²) < 4.78 is 11.3. The van der Waals surface area contributed by atoms with Crippen LogP contribution in [-0.2, 0) is 11.2 Å². The van der Waals surface area contributed by atoms with Crippen LogP contribution in [0.25, 0.3) is 5.57 Å². The number of ether oxygens (including phenoxy) is 2. The van der Waals surface area contributed by atoms with Gasteiger partial charge in [0.1, 0.15) is 5.75 Å². The van der Waals surface area contributed by atoms with Gasteiger partial charge < -0.3 is 14.8 Å². The Balaban J connectivity index is 1.58. The van der Waals surface area contributed by atoms with Crippen LogP contribution in [0.2, 0.25) is 0 Å². The minimum absolute atomic E-state index is 0.0305. The zero-order chi connectivity index (χ0) is 19.1. The van der Waals surface area contributed by atoms with Crippen LogP contribution in [0, 0.1) is 0 Å². The van der Waals surface area contributed by atoms with Crippen LogP contribution in [0.4, 0.5) is 0 Å². The second kappa shape index (κ2) is 6.97. The first-order chi connectivity index (χ1) is 13.7. The molecule has 1 amide bonds. The zero-order valence-electron chi connectivity index (χ0n) is 16.0. The van der Waals surface area contributed by atoms with Gasteiger partial charge in [0, 0.05) is 30.0 Å². The van der Waals surface area contributed by atoms with Crippen LogP contribution in [0.1, 0.15) is 54.0 Å². The first kappa shape index (κ1) is 17.3. The van der Waals surface area contributed by atoms with Crippen molar-refractivity contribution in [2.45, 2.75) is 44.1 Å². The van der Waals surface area contributed by atoms with Crippen LogP contribution in [-0.4, -0.2) is 30.6 Å². The molecule has 0 spiro atoms. The molecule has 5 heteroatoms. The third-order valence-corrected chi connectivity index (χ3v) is 5.77. The Labute approximate surface area is 164 Å². The molecular weight excluding hydrogens is 352 g/mol. The highest BCUT2D eigenvalue weighted by atomic mass is 16.5. The average molecular weight is 376 g/mol. The molecule has 1 saturated heterocycles. The number of hydrogen-bond acceptors (Lipinski definition) is 4. The van der Waals surface area contributed by atoms with Crippen LogP contribution in [0.15, 0.2) is 36.4 Å². The summed E-state index contributed by atoms with van der Waals surface area (Å²) in [6.07, 6.45) is 6.87. The maximum Gasteiger partial charge on any atom is 0.220 e. The molecule has 0 radical (unpaired) electrons. The second-order valence-electron chi connectivity index (χ2n) is 7.78. The van der Waals surface area contributed by atoms with Crippen molar-refractivity contribution in [3.05, 3.63) is 58.8 Å². The van der Waals surface area contributed by atoms with E-state index in [9.17, 15) is 4.79 Å². The number of pyridine rings is 1. The first-order valence-corrected chi connectivity index (χ1v) is 10.0. The fourth-order valence-corrected chi connectivity index (χ4v) is 4.12. The molecule has 28 heavy (non-hydrogen) atoms. The number of methoxy groups -OCH3 is 1. The Hall–Kier alpha value is -2.82. The lowest BCUT2D eigenvalue weighted by atomic mass is 9.96. The van der Waals surface area contributed by atoms with Gasteiger partial charge >= 0.3 is 0 Å².